The molecule has 4 nitrogen and oxygen atoms in total. The number of hydrogen-bond donors (Lipinski definition) is 2. The molecule has 2 rings (SSSR count). The Balaban J connectivity index is 2.37. The van der Waals surface area contributed by atoms with E-state index in [0.29, 0.717) is 18.7 Å². The first kappa shape index (κ1) is 12.9. The van der Waals surface area contributed by atoms with Gasteiger partial charge in [0.15, 0.2) is 5.82 Å². The van der Waals surface area contributed by atoms with Gasteiger partial charge in [-0.2, -0.15) is 12.6 Å². The number of carbonyl (C=O) groups is 2. The molecule has 1 amide bonds. The SMILES string of the molecule is O=C(O)c1cccc(N2CC(CS)CC2=O)c1F. The Labute approximate surface area is 109 Å². The molecule has 1 unspecified atom stereocenters. The summed E-state index contributed by atoms with van der Waals surface area (Å²) in [6.45, 7) is 0.377. The number of benzene rings is 1. The van der Waals surface area contributed by atoms with Crippen LogP contribution in [0.15, 0.2) is 18.2 Å². The summed E-state index contributed by atoms with van der Waals surface area (Å²) >= 11 is 4.12. The van der Waals surface area contributed by atoms with E-state index < -0.39 is 17.3 Å². The molecule has 1 fully saturated rings. The molecule has 0 radical (unpaired) electrons. The summed E-state index contributed by atoms with van der Waals surface area (Å²) in [6.07, 6.45) is 0.320. The number of thiol groups is 1. The molecule has 0 bridgehead atoms. The van der Waals surface area contributed by atoms with Crippen LogP contribution in [0.3, 0.4) is 0 Å². The molecule has 18 heavy (non-hydrogen) atoms. The third-order valence-electron chi connectivity index (χ3n) is 2.96. The molecule has 96 valence electrons. The fourth-order valence-corrected chi connectivity index (χ4v) is 2.27. The molecule has 1 aromatic rings. The van der Waals surface area contributed by atoms with E-state index in [-0.39, 0.29) is 17.5 Å². The lowest BCUT2D eigenvalue weighted by atomic mass is 10.1. The average molecular weight is 269 g/mol. The van der Waals surface area contributed by atoms with Crippen molar-refractivity contribution >= 4 is 30.2 Å². The van der Waals surface area contributed by atoms with Crippen LogP contribution in [0, 0.1) is 11.7 Å². The van der Waals surface area contributed by atoms with Crippen molar-refractivity contribution in [2.24, 2.45) is 5.92 Å². The monoisotopic (exact) mass is 269 g/mol. The smallest absolute Gasteiger partial charge is 0.338 e. The highest BCUT2D eigenvalue weighted by molar-refractivity contribution is 7.80. The fraction of sp³-hybridized carbons (Fsp3) is 0.333. The Kier molecular flexibility index (Phi) is 3.56. The quantitative estimate of drug-likeness (QED) is 0.823. The molecule has 1 atom stereocenters. The van der Waals surface area contributed by atoms with Crippen LogP contribution < -0.4 is 4.90 Å². The maximum Gasteiger partial charge on any atom is 0.338 e. The molecule has 0 spiro atoms. The van der Waals surface area contributed by atoms with Gasteiger partial charge in [0.1, 0.15) is 0 Å². The van der Waals surface area contributed by atoms with E-state index in [1.807, 2.05) is 0 Å². The number of halogens is 1. The van der Waals surface area contributed by atoms with Crippen molar-refractivity contribution < 1.29 is 19.1 Å². The topological polar surface area (TPSA) is 57.6 Å². The molecule has 0 saturated carbocycles. The van der Waals surface area contributed by atoms with Crippen LogP contribution in [0.25, 0.3) is 0 Å². The van der Waals surface area contributed by atoms with Crippen molar-refractivity contribution in [3.05, 3.63) is 29.6 Å². The summed E-state index contributed by atoms with van der Waals surface area (Å²) in [5.41, 5.74) is -0.390. The Morgan fingerprint density at radius 2 is 2.28 bits per heavy atom. The normalized spacial score (nSPS) is 19.3. The number of carboxylic acids is 1. The van der Waals surface area contributed by atoms with Crippen molar-refractivity contribution in [3.63, 3.8) is 0 Å². The van der Waals surface area contributed by atoms with E-state index in [2.05, 4.69) is 12.6 Å². The highest BCUT2D eigenvalue weighted by Gasteiger charge is 2.32. The Bertz CT molecular complexity index is 506. The number of carboxylic acid groups (broad SMARTS) is 1. The van der Waals surface area contributed by atoms with E-state index in [4.69, 9.17) is 5.11 Å². The van der Waals surface area contributed by atoms with E-state index in [9.17, 15) is 14.0 Å². The molecular weight excluding hydrogens is 257 g/mol. The molecular formula is C12H12FNO3S. The Hall–Kier alpha value is -1.56. The Morgan fingerprint density at radius 3 is 2.83 bits per heavy atom. The minimum absolute atomic E-state index is 0.0317. The van der Waals surface area contributed by atoms with Gasteiger partial charge in [-0.15, -0.1) is 0 Å². The summed E-state index contributed by atoms with van der Waals surface area (Å²) in [4.78, 5) is 23.9. The van der Waals surface area contributed by atoms with Crippen LogP contribution >= 0.6 is 12.6 Å². The van der Waals surface area contributed by atoms with Gasteiger partial charge in [-0.05, 0) is 23.8 Å². The first-order valence-corrected chi connectivity index (χ1v) is 6.11. The van der Waals surface area contributed by atoms with Crippen molar-refractivity contribution in [1.82, 2.24) is 0 Å². The predicted octanol–water partition coefficient (Wildman–Crippen LogP) is 1.81. The lowest BCUT2D eigenvalue weighted by molar-refractivity contribution is -0.117. The number of carbonyl (C=O) groups excluding carboxylic acids is 1. The summed E-state index contributed by atoms with van der Waals surface area (Å²) in [7, 11) is 0. The summed E-state index contributed by atoms with van der Waals surface area (Å²) in [6, 6.07) is 4.03. The second-order valence-electron chi connectivity index (χ2n) is 4.20. The summed E-state index contributed by atoms with van der Waals surface area (Å²) in [5.74, 6) is -1.78. The molecule has 0 aromatic heterocycles. The van der Waals surface area contributed by atoms with Crippen LogP contribution in [0.2, 0.25) is 0 Å². The minimum Gasteiger partial charge on any atom is -0.478 e. The van der Waals surface area contributed by atoms with Gasteiger partial charge < -0.3 is 10.0 Å². The van der Waals surface area contributed by atoms with Gasteiger partial charge in [0.2, 0.25) is 5.91 Å². The van der Waals surface area contributed by atoms with Gasteiger partial charge in [0.25, 0.3) is 0 Å². The number of aromatic carboxylic acids is 1. The lowest BCUT2D eigenvalue weighted by Gasteiger charge is -2.18. The van der Waals surface area contributed by atoms with Crippen molar-refractivity contribution in [3.8, 4) is 0 Å². The highest BCUT2D eigenvalue weighted by atomic mass is 32.1. The fourth-order valence-electron chi connectivity index (χ4n) is 2.03. The number of anilines is 1. The zero-order chi connectivity index (χ0) is 13.3. The van der Waals surface area contributed by atoms with Crippen molar-refractivity contribution in [1.29, 1.82) is 0 Å². The third-order valence-corrected chi connectivity index (χ3v) is 3.48. The van der Waals surface area contributed by atoms with Gasteiger partial charge in [-0.3, -0.25) is 4.79 Å². The number of hydrogen-bond acceptors (Lipinski definition) is 3. The lowest BCUT2D eigenvalue weighted by Crippen LogP contribution is -2.26. The number of nitrogens with zero attached hydrogens (tertiary/aromatic N) is 1. The molecule has 1 aromatic carbocycles. The molecule has 1 heterocycles. The zero-order valence-electron chi connectivity index (χ0n) is 9.47. The first-order chi connectivity index (χ1) is 8.54. The summed E-state index contributed by atoms with van der Waals surface area (Å²) < 4.78 is 14.0. The predicted molar refractivity (Wildman–Crippen MR) is 67.7 cm³/mol. The average Bonchev–Trinajstić information content (AvgIpc) is 2.70. The van der Waals surface area contributed by atoms with E-state index >= 15 is 0 Å². The number of rotatable bonds is 3. The zero-order valence-corrected chi connectivity index (χ0v) is 10.4. The Morgan fingerprint density at radius 1 is 1.56 bits per heavy atom. The molecule has 6 heteroatoms. The van der Waals surface area contributed by atoms with Gasteiger partial charge in [-0.25, -0.2) is 9.18 Å². The van der Waals surface area contributed by atoms with E-state index in [1.165, 1.54) is 23.1 Å². The largest absolute Gasteiger partial charge is 0.478 e. The maximum absolute atomic E-state index is 14.0. The molecule has 0 aliphatic carbocycles. The molecule has 1 aliphatic rings. The maximum atomic E-state index is 14.0. The van der Waals surface area contributed by atoms with Crippen LogP contribution in [-0.4, -0.2) is 29.3 Å². The van der Waals surface area contributed by atoms with Crippen LogP contribution in [0.1, 0.15) is 16.8 Å². The van der Waals surface area contributed by atoms with E-state index in [0.717, 1.165) is 0 Å². The van der Waals surface area contributed by atoms with Crippen molar-refractivity contribution in [2.75, 3.05) is 17.2 Å². The van der Waals surface area contributed by atoms with Crippen molar-refractivity contribution in [2.45, 2.75) is 6.42 Å². The molecule has 1 aliphatic heterocycles. The first-order valence-electron chi connectivity index (χ1n) is 5.47. The van der Waals surface area contributed by atoms with E-state index in [1.54, 1.807) is 0 Å². The number of amides is 1. The van der Waals surface area contributed by atoms with Crippen LogP contribution in [0.4, 0.5) is 10.1 Å². The molecule has 1 saturated heterocycles. The second kappa shape index (κ2) is 4.97. The van der Waals surface area contributed by atoms with Gasteiger partial charge >= 0.3 is 5.97 Å². The molecule has 1 N–H and O–H groups in total. The summed E-state index contributed by atoms with van der Waals surface area (Å²) in [5, 5.41) is 8.84. The van der Waals surface area contributed by atoms with Gasteiger partial charge in [0, 0.05) is 13.0 Å². The highest BCUT2D eigenvalue weighted by Crippen LogP contribution is 2.29. The second-order valence-corrected chi connectivity index (χ2v) is 4.57. The minimum atomic E-state index is -1.34. The van der Waals surface area contributed by atoms with Gasteiger partial charge in [-0.1, -0.05) is 6.07 Å². The third kappa shape index (κ3) is 2.20. The van der Waals surface area contributed by atoms with Crippen LogP contribution in [0.5, 0.6) is 0 Å². The van der Waals surface area contributed by atoms with Gasteiger partial charge in [0.05, 0.1) is 11.3 Å². The van der Waals surface area contributed by atoms with Crippen LogP contribution in [-0.2, 0) is 4.79 Å². The standard InChI is InChI=1S/C12H12FNO3S/c13-11-8(12(16)17)2-1-3-9(11)14-5-7(6-18)4-10(14)15/h1-3,7,18H,4-6H2,(H,16,17).